The Hall–Kier alpha value is -0.910. The topological polar surface area (TPSA) is 35.2 Å². The van der Waals surface area contributed by atoms with E-state index in [1.54, 1.807) is 17.4 Å². The molecule has 5 heteroatoms. The van der Waals surface area contributed by atoms with Crippen molar-refractivity contribution in [1.29, 1.82) is 0 Å². The van der Waals surface area contributed by atoms with Crippen LogP contribution in [-0.4, -0.2) is 6.04 Å². The van der Waals surface area contributed by atoms with E-state index in [0.717, 1.165) is 12.0 Å². The third kappa shape index (κ3) is 3.55. The fourth-order valence-corrected chi connectivity index (χ4v) is 2.89. The third-order valence-electron chi connectivity index (χ3n) is 2.88. The largest absolute Gasteiger partial charge is 0.483 e. The van der Waals surface area contributed by atoms with Gasteiger partial charge < -0.3 is 10.5 Å². The molecule has 0 saturated heterocycles. The van der Waals surface area contributed by atoms with Crippen molar-refractivity contribution >= 4 is 27.3 Å². The molecule has 0 bridgehead atoms. The molecule has 0 aliphatic heterocycles. The molecular formula is C14H15BrFNOS. The van der Waals surface area contributed by atoms with Gasteiger partial charge in [0.1, 0.15) is 17.7 Å². The average molecular weight is 344 g/mol. The highest BCUT2D eigenvalue weighted by Crippen LogP contribution is 2.32. The van der Waals surface area contributed by atoms with Gasteiger partial charge in [0, 0.05) is 11.6 Å². The molecule has 2 unspecified atom stereocenters. The summed E-state index contributed by atoms with van der Waals surface area (Å²) in [5, 5.41) is 4.02. The number of benzene rings is 1. The van der Waals surface area contributed by atoms with Gasteiger partial charge in [-0.25, -0.2) is 4.39 Å². The minimum atomic E-state index is -0.300. The second-order valence-corrected chi connectivity index (χ2v) is 5.88. The highest BCUT2D eigenvalue weighted by molar-refractivity contribution is 9.10. The van der Waals surface area contributed by atoms with Gasteiger partial charge in [-0.1, -0.05) is 6.92 Å². The lowest BCUT2D eigenvalue weighted by Crippen LogP contribution is -2.31. The second-order valence-electron chi connectivity index (χ2n) is 4.24. The van der Waals surface area contributed by atoms with Crippen LogP contribution >= 0.6 is 27.3 Å². The van der Waals surface area contributed by atoms with Crippen LogP contribution in [0.5, 0.6) is 5.75 Å². The van der Waals surface area contributed by atoms with Crippen molar-refractivity contribution in [3.8, 4) is 5.75 Å². The Bertz CT molecular complexity index is 532. The van der Waals surface area contributed by atoms with E-state index in [9.17, 15) is 4.39 Å². The molecule has 1 aromatic carbocycles. The Morgan fingerprint density at radius 3 is 2.79 bits per heavy atom. The number of hydrogen-bond acceptors (Lipinski definition) is 3. The van der Waals surface area contributed by atoms with E-state index in [2.05, 4.69) is 15.9 Å². The molecule has 1 aromatic heterocycles. The van der Waals surface area contributed by atoms with Gasteiger partial charge in [-0.2, -0.15) is 11.3 Å². The first-order valence-electron chi connectivity index (χ1n) is 6.01. The van der Waals surface area contributed by atoms with Gasteiger partial charge in [-0.05, 0) is 57.4 Å². The van der Waals surface area contributed by atoms with Crippen LogP contribution in [0.2, 0.25) is 0 Å². The molecular weight excluding hydrogens is 329 g/mol. The maximum absolute atomic E-state index is 13.1. The third-order valence-corrected chi connectivity index (χ3v) is 4.20. The monoisotopic (exact) mass is 343 g/mol. The van der Waals surface area contributed by atoms with Gasteiger partial charge >= 0.3 is 0 Å². The van der Waals surface area contributed by atoms with Crippen LogP contribution in [0.4, 0.5) is 4.39 Å². The molecule has 0 radical (unpaired) electrons. The van der Waals surface area contributed by atoms with Crippen molar-refractivity contribution in [3.05, 3.63) is 50.9 Å². The van der Waals surface area contributed by atoms with Crippen molar-refractivity contribution < 1.29 is 9.13 Å². The zero-order chi connectivity index (χ0) is 13.8. The molecule has 0 fully saturated rings. The Morgan fingerprint density at radius 1 is 1.42 bits per heavy atom. The smallest absolute Gasteiger partial charge is 0.140 e. The van der Waals surface area contributed by atoms with Crippen molar-refractivity contribution in [2.75, 3.05) is 0 Å². The molecule has 2 atom stereocenters. The fraction of sp³-hybridized carbons (Fsp3) is 0.286. The number of thiophene rings is 1. The van der Waals surface area contributed by atoms with E-state index in [0.29, 0.717) is 10.2 Å². The summed E-state index contributed by atoms with van der Waals surface area (Å²) in [4.78, 5) is 0. The van der Waals surface area contributed by atoms with Crippen LogP contribution in [0.3, 0.4) is 0 Å². The molecule has 2 N–H and O–H groups in total. The Balaban J connectivity index is 2.25. The predicted molar refractivity (Wildman–Crippen MR) is 80.1 cm³/mol. The van der Waals surface area contributed by atoms with Gasteiger partial charge in [0.25, 0.3) is 0 Å². The Morgan fingerprint density at radius 2 is 2.21 bits per heavy atom. The summed E-state index contributed by atoms with van der Waals surface area (Å²) in [7, 11) is 0. The average Bonchev–Trinajstić information content (AvgIpc) is 2.91. The molecule has 0 amide bonds. The lowest BCUT2D eigenvalue weighted by molar-refractivity contribution is 0.170. The Labute approximate surface area is 124 Å². The number of rotatable bonds is 5. The predicted octanol–water partition coefficient (Wildman–Crippen LogP) is 4.51. The quantitative estimate of drug-likeness (QED) is 0.866. The molecule has 102 valence electrons. The summed E-state index contributed by atoms with van der Waals surface area (Å²) in [5.74, 6) is 0.299. The van der Waals surface area contributed by atoms with Gasteiger partial charge in [0.2, 0.25) is 0 Å². The van der Waals surface area contributed by atoms with Crippen LogP contribution in [-0.2, 0) is 0 Å². The van der Waals surface area contributed by atoms with Crippen LogP contribution in [0.25, 0.3) is 0 Å². The van der Waals surface area contributed by atoms with Gasteiger partial charge in [0.15, 0.2) is 0 Å². The molecule has 2 rings (SSSR count). The maximum Gasteiger partial charge on any atom is 0.140 e. The van der Waals surface area contributed by atoms with Crippen LogP contribution < -0.4 is 10.5 Å². The van der Waals surface area contributed by atoms with Crippen LogP contribution in [0, 0.1) is 5.82 Å². The van der Waals surface area contributed by atoms with Crippen molar-refractivity contribution in [2.45, 2.75) is 25.5 Å². The summed E-state index contributed by atoms with van der Waals surface area (Å²) >= 11 is 4.91. The van der Waals surface area contributed by atoms with Gasteiger partial charge in [-0.3, -0.25) is 0 Å². The molecule has 0 spiro atoms. The van der Waals surface area contributed by atoms with Gasteiger partial charge in [0.05, 0.1) is 4.47 Å². The van der Waals surface area contributed by atoms with Crippen LogP contribution in [0.1, 0.15) is 25.0 Å². The van der Waals surface area contributed by atoms with E-state index in [1.807, 2.05) is 23.8 Å². The first kappa shape index (κ1) is 14.5. The molecule has 19 heavy (non-hydrogen) atoms. The molecule has 0 saturated carbocycles. The molecule has 1 heterocycles. The molecule has 0 aliphatic carbocycles. The summed E-state index contributed by atoms with van der Waals surface area (Å²) < 4.78 is 19.6. The fourth-order valence-electron chi connectivity index (χ4n) is 1.76. The zero-order valence-electron chi connectivity index (χ0n) is 10.5. The number of ether oxygens (including phenoxy) is 1. The number of nitrogens with two attached hydrogens (primary N) is 1. The second kappa shape index (κ2) is 6.50. The van der Waals surface area contributed by atoms with Crippen LogP contribution in [0.15, 0.2) is 39.5 Å². The summed E-state index contributed by atoms with van der Waals surface area (Å²) in [5.41, 5.74) is 7.18. The standard InChI is InChI=1S/C14H15BrFNOS/c1-2-12(17)14(9-5-6-19-8-9)18-13-4-3-10(16)7-11(13)15/h3-8,12,14H,2,17H2,1H3. The van der Waals surface area contributed by atoms with Crippen molar-refractivity contribution in [3.63, 3.8) is 0 Å². The maximum atomic E-state index is 13.1. The zero-order valence-corrected chi connectivity index (χ0v) is 12.9. The Kier molecular flexibility index (Phi) is 4.96. The van der Waals surface area contributed by atoms with Crippen molar-refractivity contribution in [2.24, 2.45) is 5.73 Å². The van der Waals surface area contributed by atoms with Crippen molar-refractivity contribution in [1.82, 2.24) is 0 Å². The van der Waals surface area contributed by atoms with Gasteiger partial charge in [-0.15, -0.1) is 0 Å². The summed E-state index contributed by atoms with van der Waals surface area (Å²) in [6.07, 6.45) is 0.581. The van der Waals surface area contributed by atoms with E-state index >= 15 is 0 Å². The summed E-state index contributed by atoms with van der Waals surface area (Å²) in [6.45, 7) is 2.02. The highest BCUT2D eigenvalue weighted by Gasteiger charge is 2.22. The highest BCUT2D eigenvalue weighted by atomic mass is 79.9. The van der Waals surface area contributed by atoms with E-state index < -0.39 is 0 Å². The first-order chi connectivity index (χ1) is 9.11. The number of halogens is 2. The molecule has 2 aromatic rings. The lowest BCUT2D eigenvalue weighted by Gasteiger charge is -2.24. The number of hydrogen-bond donors (Lipinski definition) is 1. The minimum Gasteiger partial charge on any atom is -0.483 e. The molecule has 0 aliphatic rings. The lowest BCUT2D eigenvalue weighted by atomic mass is 10.0. The first-order valence-corrected chi connectivity index (χ1v) is 7.74. The van der Waals surface area contributed by atoms with E-state index in [-0.39, 0.29) is 18.0 Å². The van der Waals surface area contributed by atoms with E-state index in [1.165, 1.54) is 12.1 Å². The van der Waals surface area contributed by atoms with E-state index in [4.69, 9.17) is 10.5 Å². The minimum absolute atomic E-state index is 0.105. The SMILES string of the molecule is CCC(N)C(Oc1ccc(F)cc1Br)c1ccsc1. The normalized spacial score (nSPS) is 14.1. The summed E-state index contributed by atoms with van der Waals surface area (Å²) in [6, 6.07) is 6.27. The molecule has 2 nitrogen and oxygen atoms in total.